The normalized spacial score (nSPS) is 12.5. The van der Waals surface area contributed by atoms with E-state index in [-0.39, 0.29) is 13.2 Å². The fourth-order valence-electron chi connectivity index (χ4n) is 3.27. The Labute approximate surface area is 206 Å². The zero-order valence-corrected chi connectivity index (χ0v) is 20.6. The van der Waals surface area contributed by atoms with Crippen LogP contribution in [-0.2, 0) is 14.3 Å². The Kier molecular flexibility index (Phi) is 11.4. The molecule has 0 saturated carbocycles. The van der Waals surface area contributed by atoms with Crippen molar-refractivity contribution in [3.05, 3.63) is 77.4 Å². The molecule has 0 aromatic heterocycles. The quantitative estimate of drug-likeness (QED) is 0.243. The molecule has 0 radical (unpaired) electrons. The Balaban J connectivity index is 2.18. The first-order valence-electron chi connectivity index (χ1n) is 11.3. The van der Waals surface area contributed by atoms with E-state index in [2.05, 4.69) is 5.32 Å². The van der Waals surface area contributed by atoms with Crippen LogP contribution in [0.5, 0.6) is 11.5 Å². The lowest BCUT2D eigenvalue weighted by Crippen LogP contribution is -2.18. The third-order valence-electron chi connectivity index (χ3n) is 4.81. The highest BCUT2D eigenvalue weighted by Gasteiger charge is 2.18. The van der Waals surface area contributed by atoms with Crippen LogP contribution >= 0.6 is 0 Å². The fraction of sp³-hybridized carbons (Fsp3) is 0.333. The van der Waals surface area contributed by atoms with Crippen LogP contribution in [0.25, 0.3) is 0 Å². The molecule has 35 heavy (non-hydrogen) atoms. The molecule has 2 aromatic rings. The number of methoxy groups -OCH3 is 1. The minimum Gasteiger partial charge on any atom is -0.497 e. The molecule has 0 aliphatic heterocycles. The van der Waals surface area contributed by atoms with Gasteiger partial charge in [0.25, 0.3) is 0 Å². The van der Waals surface area contributed by atoms with Crippen LogP contribution in [0.3, 0.4) is 0 Å². The van der Waals surface area contributed by atoms with Crippen molar-refractivity contribution >= 4 is 17.7 Å². The number of hydrogen-bond acceptors (Lipinski definition) is 7. The Morgan fingerprint density at radius 2 is 1.66 bits per heavy atom. The van der Waals surface area contributed by atoms with Crippen molar-refractivity contribution in [3.63, 3.8) is 0 Å². The van der Waals surface area contributed by atoms with E-state index in [0.29, 0.717) is 30.2 Å². The summed E-state index contributed by atoms with van der Waals surface area (Å²) in [5.41, 5.74) is 2.98. The van der Waals surface area contributed by atoms with E-state index < -0.39 is 18.2 Å². The highest BCUT2D eigenvalue weighted by Crippen LogP contribution is 2.28. The summed E-state index contributed by atoms with van der Waals surface area (Å²) >= 11 is 0. The standard InChI is InChI=1S/C27H33NO7/c1-5-33-26(30)18-20(3)16-19(2)17-25(21-6-10-24(11-7-21)34-15-14-29)35-27(31)28-22-8-12-23(32-4)13-9-22/h6-13,16,18,25,29H,5,14-15,17H2,1-4H3,(H,28,31)/b19-16+,20-18+/t25-/m1/s1. The van der Waals surface area contributed by atoms with Crippen LogP contribution < -0.4 is 14.8 Å². The van der Waals surface area contributed by atoms with Gasteiger partial charge in [-0.2, -0.15) is 0 Å². The molecule has 0 aliphatic rings. The van der Waals surface area contributed by atoms with Gasteiger partial charge >= 0.3 is 12.1 Å². The minimum absolute atomic E-state index is 0.0817. The third kappa shape index (κ3) is 9.93. The summed E-state index contributed by atoms with van der Waals surface area (Å²) in [6.45, 7) is 5.88. The summed E-state index contributed by atoms with van der Waals surface area (Å²) in [4.78, 5) is 24.4. The second-order valence-electron chi connectivity index (χ2n) is 7.72. The van der Waals surface area contributed by atoms with Crippen LogP contribution in [0.2, 0.25) is 0 Å². The second kappa shape index (κ2) is 14.5. The number of hydrogen-bond donors (Lipinski definition) is 2. The lowest BCUT2D eigenvalue weighted by Gasteiger charge is -2.20. The lowest BCUT2D eigenvalue weighted by atomic mass is 10.0. The smallest absolute Gasteiger partial charge is 0.412 e. The number of benzene rings is 2. The second-order valence-corrected chi connectivity index (χ2v) is 7.72. The van der Waals surface area contributed by atoms with E-state index in [1.807, 2.05) is 25.1 Å². The zero-order chi connectivity index (χ0) is 25.6. The number of allylic oxidation sites excluding steroid dienone is 2. The number of carbonyl (C=O) groups is 2. The number of rotatable bonds is 12. The predicted octanol–water partition coefficient (Wildman–Crippen LogP) is 5.20. The SMILES string of the molecule is CCOC(=O)/C=C(C)/C=C(\C)C[C@@H](OC(=O)Nc1ccc(OC)cc1)c1ccc(OCCO)cc1. The van der Waals surface area contributed by atoms with Crippen LogP contribution in [0.15, 0.2) is 71.8 Å². The van der Waals surface area contributed by atoms with Crippen molar-refractivity contribution in [2.75, 3.05) is 32.2 Å². The van der Waals surface area contributed by atoms with Crippen molar-refractivity contribution in [1.29, 1.82) is 0 Å². The number of nitrogens with one attached hydrogen (secondary N) is 1. The summed E-state index contributed by atoms with van der Waals surface area (Å²) in [5, 5.41) is 11.7. The average molecular weight is 484 g/mol. The summed E-state index contributed by atoms with van der Waals surface area (Å²) in [6.07, 6.45) is 2.49. The summed E-state index contributed by atoms with van der Waals surface area (Å²) in [6, 6.07) is 14.1. The van der Waals surface area contributed by atoms with Gasteiger partial charge in [0.05, 0.1) is 20.3 Å². The van der Waals surface area contributed by atoms with E-state index in [9.17, 15) is 9.59 Å². The van der Waals surface area contributed by atoms with Gasteiger partial charge in [-0.3, -0.25) is 5.32 Å². The Bertz CT molecular complexity index is 1010. The molecule has 188 valence electrons. The molecule has 0 unspecified atom stereocenters. The maximum atomic E-state index is 12.7. The number of ether oxygens (including phenoxy) is 4. The predicted molar refractivity (Wildman–Crippen MR) is 134 cm³/mol. The van der Waals surface area contributed by atoms with Gasteiger partial charge in [0.2, 0.25) is 0 Å². The zero-order valence-electron chi connectivity index (χ0n) is 20.6. The van der Waals surface area contributed by atoms with Gasteiger partial charge in [0.1, 0.15) is 24.2 Å². The molecule has 0 saturated heterocycles. The maximum Gasteiger partial charge on any atom is 0.412 e. The van der Waals surface area contributed by atoms with Crippen molar-refractivity contribution in [2.24, 2.45) is 0 Å². The lowest BCUT2D eigenvalue weighted by molar-refractivity contribution is -0.137. The topological polar surface area (TPSA) is 103 Å². The van der Waals surface area contributed by atoms with Gasteiger partial charge in [-0.25, -0.2) is 9.59 Å². The molecule has 2 rings (SSSR count). The molecule has 0 fully saturated rings. The number of anilines is 1. The first-order chi connectivity index (χ1) is 16.8. The average Bonchev–Trinajstić information content (AvgIpc) is 2.83. The van der Waals surface area contributed by atoms with Crippen molar-refractivity contribution in [2.45, 2.75) is 33.3 Å². The van der Waals surface area contributed by atoms with E-state index in [4.69, 9.17) is 24.1 Å². The molecule has 8 heteroatoms. The molecule has 0 heterocycles. The molecular formula is C27H33NO7. The van der Waals surface area contributed by atoms with Gasteiger partial charge in [0.15, 0.2) is 0 Å². The molecule has 0 bridgehead atoms. The van der Waals surface area contributed by atoms with Crippen LogP contribution in [-0.4, -0.2) is 44.1 Å². The highest BCUT2D eigenvalue weighted by molar-refractivity contribution is 5.85. The molecule has 8 nitrogen and oxygen atoms in total. The number of aliphatic hydroxyl groups is 1. The van der Waals surface area contributed by atoms with Crippen molar-refractivity contribution in [1.82, 2.24) is 0 Å². The maximum absolute atomic E-state index is 12.7. The Hall–Kier alpha value is -3.78. The number of carbonyl (C=O) groups excluding carboxylic acids is 2. The minimum atomic E-state index is -0.604. The molecular weight excluding hydrogens is 450 g/mol. The third-order valence-corrected chi connectivity index (χ3v) is 4.81. The van der Waals surface area contributed by atoms with Crippen LogP contribution in [0.1, 0.15) is 38.9 Å². The molecule has 2 N–H and O–H groups in total. The monoisotopic (exact) mass is 483 g/mol. The van der Waals surface area contributed by atoms with E-state index in [1.165, 1.54) is 6.08 Å². The van der Waals surface area contributed by atoms with Crippen molar-refractivity contribution in [3.8, 4) is 11.5 Å². The number of esters is 1. The van der Waals surface area contributed by atoms with Gasteiger partial charge < -0.3 is 24.1 Å². The van der Waals surface area contributed by atoms with Crippen LogP contribution in [0, 0.1) is 0 Å². The van der Waals surface area contributed by atoms with E-state index in [1.54, 1.807) is 57.4 Å². The van der Waals surface area contributed by atoms with Gasteiger partial charge in [-0.1, -0.05) is 23.8 Å². The largest absolute Gasteiger partial charge is 0.497 e. The first kappa shape index (κ1) is 27.5. The summed E-state index contributed by atoms with van der Waals surface area (Å²) < 4.78 is 21.3. The Morgan fingerprint density at radius 1 is 1.00 bits per heavy atom. The molecule has 0 spiro atoms. The Morgan fingerprint density at radius 3 is 2.26 bits per heavy atom. The van der Waals surface area contributed by atoms with Gasteiger partial charge in [-0.15, -0.1) is 0 Å². The van der Waals surface area contributed by atoms with E-state index in [0.717, 1.165) is 16.7 Å². The molecule has 2 aromatic carbocycles. The molecule has 0 aliphatic carbocycles. The van der Waals surface area contributed by atoms with Gasteiger partial charge in [-0.05, 0) is 68.3 Å². The molecule has 1 amide bonds. The number of amides is 1. The van der Waals surface area contributed by atoms with Gasteiger partial charge in [0, 0.05) is 18.2 Å². The van der Waals surface area contributed by atoms with Crippen molar-refractivity contribution < 1.29 is 33.6 Å². The first-order valence-corrected chi connectivity index (χ1v) is 11.3. The highest BCUT2D eigenvalue weighted by atomic mass is 16.6. The fourth-order valence-corrected chi connectivity index (χ4v) is 3.27. The summed E-state index contributed by atoms with van der Waals surface area (Å²) in [5.74, 6) is 0.876. The van der Waals surface area contributed by atoms with E-state index >= 15 is 0 Å². The molecule has 1 atom stereocenters. The number of aliphatic hydroxyl groups excluding tert-OH is 1. The summed E-state index contributed by atoms with van der Waals surface area (Å²) in [7, 11) is 1.57. The van der Waals surface area contributed by atoms with Crippen LogP contribution in [0.4, 0.5) is 10.5 Å².